The number of benzene rings is 1. The van der Waals surface area contributed by atoms with Crippen molar-refractivity contribution >= 4 is 11.9 Å². The first-order valence-electron chi connectivity index (χ1n) is 5.97. The zero-order valence-electron chi connectivity index (χ0n) is 11.8. The molecule has 0 saturated heterocycles. The van der Waals surface area contributed by atoms with Crippen LogP contribution in [0.3, 0.4) is 0 Å². The van der Waals surface area contributed by atoms with Crippen molar-refractivity contribution < 1.29 is 28.5 Å². The van der Waals surface area contributed by atoms with Gasteiger partial charge in [0.2, 0.25) is 0 Å². The molecule has 0 amide bonds. The lowest BCUT2D eigenvalue weighted by molar-refractivity contribution is -0.163. The Morgan fingerprint density at radius 3 is 1.90 bits per heavy atom. The predicted octanol–water partition coefficient (Wildman–Crippen LogP) is 0.844. The van der Waals surface area contributed by atoms with Gasteiger partial charge in [0.25, 0.3) is 0 Å². The van der Waals surface area contributed by atoms with Crippen LogP contribution >= 0.6 is 0 Å². The van der Waals surface area contributed by atoms with Gasteiger partial charge >= 0.3 is 11.9 Å². The van der Waals surface area contributed by atoms with E-state index in [2.05, 4.69) is 0 Å². The molecule has 0 saturated carbocycles. The van der Waals surface area contributed by atoms with Gasteiger partial charge in [-0.2, -0.15) is 0 Å². The normalized spacial score (nSPS) is 14.6. The zero-order chi connectivity index (χ0) is 14.9. The summed E-state index contributed by atoms with van der Waals surface area (Å²) in [7, 11) is 5.50. The summed E-state index contributed by atoms with van der Waals surface area (Å²) in [5, 5.41) is 0. The predicted molar refractivity (Wildman–Crippen MR) is 69.0 cm³/mol. The number of methoxy groups -OCH3 is 4. The molecule has 0 atom stereocenters. The smallest absolute Gasteiger partial charge is 0.328 e. The van der Waals surface area contributed by atoms with Crippen molar-refractivity contribution in [3.05, 3.63) is 23.3 Å². The fourth-order valence-corrected chi connectivity index (χ4v) is 2.53. The summed E-state index contributed by atoms with van der Waals surface area (Å²) in [6.07, 6.45) is 0.224. The van der Waals surface area contributed by atoms with Gasteiger partial charge in [-0.25, -0.2) is 0 Å². The second kappa shape index (κ2) is 5.03. The Morgan fingerprint density at radius 1 is 0.950 bits per heavy atom. The molecule has 0 N–H and O–H groups in total. The molecule has 0 spiro atoms. The van der Waals surface area contributed by atoms with Crippen LogP contribution in [0.25, 0.3) is 0 Å². The Hall–Kier alpha value is -2.24. The lowest BCUT2D eigenvalue weighted by Crippen LogP contribution is -2.53. The van der Waals surface area contributed by atoms with Gasteiger partial charge in [0.15, 0.2) is 16.9 Å². The molecular formula is C14H16O6. The first kappa shape index (κ1) is 14.2. The van der Waals surface area contributed by atoms with E-state index in [0.717, 1.165) is 5.56 Å². The number of hydrogen-bond acceptors (Lipinski definition) is 6. The highest BCUT2D eigenvalue weighted by molar-refractivity contribution is 6.09. The molecule has 2 rings (SSSR count). The van der Waals surface area contributed by atoms with Crippen molar-refractivity contribution in [2.45, 2.75) is 11.8 Å². The molecule has 0 aromatic heterocycles. The lowest BCUT2D eigenvalue weighted by atomic mass is 9.63. The molecule has 0 bridgehead atoms. The summed E-state index contributed by atoms with van der Waals surface area (Å²) >= 11 is 0. The Kier molecular flexibility index (Phi) is 3.57. The quantitative estimate of drug-likeness (QED) is 0.601. The van der Waals surface area contributed by atoms with Crippen LogP contribution in [0.1, 0.15) is 11.1 Å². The molecule has 20 heavy (non-hydrogen) atoms. The van der Waals surface area contributed by atoms with E-state index in [1.54, 1.807) is 12.1 Å². The minimum Gasteiger partial charge on any atom is -0.493 e. The second-order valence-corrected chi connectivity index (χ2v) is 4.43. The molecule has 108 valence electrons. The Labute approximate surface area is 116 Å². The first-order chi connectivity index (χ1) is 9.54. The lowest BCUT2D eigenvalue weighted by Gasteiger charge is -2.39. The molecule has 6 nitrogen and oxygen atoms in total. The Balaban J connectivity index is 2.57. The zero-order valence-corrected chi connectivity index (χ0v) is 11.8. The van der Waals surface area contributed by atoms with Gasteiger partial charge in [-0.1, -0.05) is 0 Å². The largest absolute Gasteiger partial charge is 0.493 e. The standard InChI is InChI=1S/C14H16O6/c1-17-10-5-8-7-14(12(15)19-3,13(16)20-4)9(8)6-11(10)18-2/h5-6H,7H2,1-4H3. The van der Waals surface area contributed by atoms with Crippen molar-refractivity contribution in [3.63, 3.8) is 0 Å². The minimum atomic E-state index is -1.40. The van der Waals surface area contributed by atoms with Crippen molar-refractivity contribution in [2.75, 3.05) is 28.4 Å². The fourth-order valence-electron chi connectivity index (χ4n) is 2.53. The van der Waals surface area contributed by atoms with Gasteiger partial charge in [0.1, 0.15) is 0 Å². The van der Waals surface area contributed by atoms with E-state index in [-0.39, 0.29) is 6.42 Å². The number of ether oxygens (including phenoxy) is 4. The van der Waals surface area contributed by atoms with Gasteiger partial charge in [-0.3, -0.25) is 9.59 Å². The summed E-state index contributed by atoms with van der Waals surface area (Å²) in [6, 6.07) is 3.36. The molecule has 0 heterocycles. The van der Waals surface area contributed by atoms with E-state index in [1.807, 2.05) is 0 Å². The highest BCUT2D eigenvalue weighted by atomic mass is 16.5. The van der Waals surface area contributed by atoms with Crippen LogP contribution in [0.5, 0.6) is 11.5 Å². The number of esters is 2. The fraction of sp³-hybridized carbons (Fsp3) is 0.429. The van der Waals surface area contributed by atoms with Gasteiger partial charge in [0, 0.05) is 6.42 Å². The third kappa shape index (κ3) is 1.71. The number of hydrogen-bond donors (Lipinski definition) is 0. The molecule has 1 aromatic rings. The number of carbonyl (C=O) groups excluding carboxylic acids is 2. The van der Waals surface area contributed by atoms with Crippen LogP contribution in [0, 0.1) is 0 Å². The van der Waals surface area contributed by atoms with Crippen molar-refractivity contribution in [2.24, 2.45) is 0 Å². The number of fused-ring (bicyclic) bond motifs is 1. The van der Waals surface area contributed by atoms with Crippen LogP contribution in [-0.4, -0.2) is 40.4 Å². The van der Waals surface area contributed by atoms with Crippen molar-refractivity contribution in [1.82, 2.24) is 0 Å². The van der Waals surface area contributed by atoms with Gasteiger partial charge in [0.05, 0.1) is 28.4 Å². The second-order valence-electron chi connectivity index (χ2n) is 4.43. The molecule has 0 unspecified atom stereocenters. The molecule has 0 radical (unpaired) electrons. The van der Waals surface area contributed by atoms with Crippen molar-refractivity contribution in [1.29, 1.82) is 0 Å². The summed E-state index contributed by atoms with van der Waals surface area (Å²) < 4.78 is 19.9. The van der Waals surface area contributed by atoms with Crippen LogP contribution in [0.4, 0.5) is 0 Å². The number of rotatable bonds is 4. The van der Waals surface area contributed by atoms with E-state index < -0.39 is 17.4 Å². The SMILES string of the molecule is COC(=O)C1(C(=O)OC)Cc2cc(OC)c(OC)cc21. The summed E-state index contributed by atoms with van der Waals surface area (Å²) in [4.78, 5) is 24.1. The molecule has 0 fully saturated rings. The molecule has 1 aliphatic rings. The van der Waals surface area contributed by atoms with Crippen molar-refractivity contribution in [3.8, 4) is 11.5 Å². The molecular weight excluding hydrogens is 264 g/mol. The topological polar surface area (TPSA) is 71.1 Å². The molecule has 6 heteroatoms. The molecule has 1 aromatic carbocycles. The van der Waals surface area contributed by atoms with E-state index in [1.165, 1.54) is 28.4 Å². The minimum absolute atomic E-state index is 0.224. The Morgan fingerprint density at radius 2 is 1.45 bits per heavy atom. The maximum Gasteiger partial charge on any atom is 0.328 e. The van der Waals surface area contributed by atoms with Crippen LogP contribution in [0.2, 0.25) is 0 Å². The van der Waals surface area contributed by atoms with E-state index >= 15 is 0 Å². The van der Waals surface area contributed by atoms with Crippen LogP contribution in [-0.2, 0) is 30.9 Å². The third-order valence-corrected chi connectivity index (χ3v) is 3.59. The van der Waals surface area contributed by atoms with E-state index in [0.29, 0.717) is 17.1 Å². The summed E-state index contributed by atoms with van der Waals surface area (Å²) in [6.45, 7) is 0. The maximum absolute atomic E-state index is 12.0. The maximum atomic E-state index is 12.0. The average molecular weight is 280 g/mol. The van der Waals surface area contributed by atoms with Crippen LogP contribution < -0.4 is 9.47 Å². The monoisotopic (exact) mass is 280 g/mol. The summed E-state index contributed by atoms with van der Waals surface area (Å²) in [5.41, 5.74) is -0.0365. The number of carbonyl (C=O) groups is 2. The van der Waals surface area contributed by atoms with E-state index in [4.69, 9.17) is 18.9 Å². The summed E-state index contributed by atoms with van der Waals surface area (Å²) in [5.74, 6) is -0.272. The molecule has 0 aliphatic heterocycles. The van der Waals surface area contributed by atoms with Gasteiger partial charge < -0.3 is 18.9 Å². The van der Waals surface area contributed by atoms with Gasteiger partial charge in [-0.15, -0.1) is 0 Å². The van der Waals surface area contributed by atoms with Crippen LogP contribution in [0.15, 0.2) is 12.1 Å². The van der Waals surface area contributed by atoms with Gasteiger partial charge in [-0.05, 0) is 23.3 Å². The third-order valence-electron chi connectivity index (χ3n) is 3.59. The first-order valence-corrected chi connectivity index (χ1v) is 5.97. The Bertz CT molecular complexity index is 547. The molecule has 1 aliphatic carbocycles. The highest BCUT2D eigenvalue weighted by Crippen LogP contribution is 2.47. The highest BCUT2D eigenvalue weighted by Gasteiger charge is 2.58. The average Bonchev–Trinajstić information content (AvgIpc) is 2.47. The van der Waals surface area contributed by atoms with E-state index in [9.17, 15) is 9.59 Å².